The van der Waals surface area contributed by atoms with Gasteiger partial charge in [0.1, 0.15) is 11.5 Å². The van der Waals surface area contributed by atoms with Gasteiger partial charge in [0.15, 0.2) is 5.82 Å². The molecule has 0 bridgehead atoms. The number of nitrogens with zero attached hydrogens (tertiary/aromatic N) is 3. The van der Waals surface area contributed by atoms with Crippen molar-refractivity contribution < 1.29 is 4.74 Å². The average molecular weight is 351 g/mol. The van der Waals surface area contributed by atoms with E-state index >= 15 is 0 Å². The van der Waals surface area contributed by atoms with Gasteiger partial charge in [-0.1, -0.05) is 26.8 Å². The summed E-state index contributed by atoms with van der Waals surface area (Å²) in [5, 5.41) is 3.09. The van der Waals surface area contributed by atoms with Gasteiger partial charge in [-0.05, 0) is 22.0 Å². The van der Waals surface area contributed by atoms with Crippen molar-refractivity contribution in [1.82, 2.24) is 15.0 Å². The Hall–Kier alpha value is -1.69. The number of anilines is 1. The van der Waals surface area contributed by atoms with Gasteiger partial charge in [-0.3, -0.25) is 0 Å². The highest BCUT2D eigenvalue weighted by Gasteiger charge is 2.23. The Morgan fingerprint density at radius 1 is 1.14 bits per heavy atom. The molecule has 0 aliphatic carbocycles. The Morgan fingerprint density at radius 2 is 1.86 bits per heavy atom. The molecular formula is C15H19BrN4O. The summed E-state index contributed by atoms with van der Waals surface area (Å²) in [5.74, 6) is 1.86. The molecule has 5 nitrogen and oxygen atoms in total. The van der Waals surface area contributed by atoms with Crippen LogP contribution in [-0.4, -0.2) is 29.1 Å². The predicted octanol–water partition coefficient (Wildman–Crippen LogP) is 3.65. The molecule has 112 valence electrons. The third-order valence-electron chi connectivity index (χ3n) is 2.96. The summed E-state index contributed by atoms with van der Waals surface area (Å²) in [6.45, 7) is 6.34. The van der Waals surface area contributed by atoms with Gasteiger partial charge in [0.2, 0.25) is 5.88 Å². The first kappa shape index (κ1) is 15.7. The van der Waals surface area contributed by atoms with Crippen LogP contribution in [-0.2, 0) is 5.41 Å². The van der Waals surface area contributed by atoms with Gasteiger partial charge in [0.05, 0.1) is 17.3 Å². The lowest BCUT2D eigenvalue weighted by Gasteiger charge is -2.21. The largest absolute Gasteiger partial charge is 0.481 e. The fourth-order valence-electron chi connectivity index (χ4n) is 1.88. The first-order valence-corrected chi connectivity index (χ1v) is 7.43. The third-order valence-corrected chi connectivity index (χ3v) is 3.71. The van der Waals surface area contributed by atoms with E-state index in [0.717, 1.165) is 16.0 Å². The average Bonchev–Trinajstić information content (AvgIpc) is 2.46. The molecule has 0 unspecified atom stereocenters. The normalized spacial score (nSPS) is 11.3. The van der Waals surface area contributed by atoms with E-state index in [0.29, 0.717) is 17.4 Å². The molecule has 0 fully saturated rings. The quantitative estimate of drug-likeness (QED) is 0.915. The molecule has 2 aromatic rings. The van der Waals surface area contributed by atoms with Gasteiger partial charge in [-0.2, -0.15) is 0 Å². The lowest BCUT2D eigenvalue weighted by molar-refractivity contribution is 0.398. The third kappa shape index (κ3) is 3.32. The van der Waals surface area contributed by atoms with E-state index in [1.165, 1.54) is 0 Å². The highest BCUT2D eigenvalue weighted by Crippen LogP contribution is 2.34. The molecule has 6 heteroatoms. The molecule has 1 N–H and O–H groups in total. The first-order valence-electron chi connectivity index (χ1n) is 6.64. The summed E-state index contributed by atoms with van der Waals surface area (Å²) in [4.78, 5) is 13.6. The van der Waals surface area contributed by atoms with E-state index in [1.807, 2.05) is 19.2 Å². The van der Waals surface area contributed by atoms with Crippen LogP contribution in [0.2, 0.25) is 0 Å². The minimum Gasteiger partial charge on any atom is -0.481 e. The zero-order valence-electron chi connectivity index (χ0n) is 12.9. The van der Waals surface area contributed by atoms with Crippen LogP contribution in [0.3, 0.4) is 0 Å². The highest BCUT2D eigenvalue weighted by atomic mass is 79.9. The molecule has 2 heterocycles. The van der Waals surface area contributed by atoms with Crippen LogP contribution < -0.4 is 10.1 Å². The van der Waals surface area contributed by atoms with Gasteiger partial charge >= 0.3 is 0 Å². The van der Waals surface area contributed by atoms with Crippen molar-refractivity contribution in [3.05, 3.63) is 28.4 Å². The smallest absolute Gasteiger partial charge is 0.213 e. The van der Waals surface area contributed by atoms with Crippen LogP contribution in [0.1, 0.15) is 26.5 Å². The van der Waals surface area contributed by atoms with E-state index < -0.39 is 0 Å². The number of halogens is 1. The van der Waals surface area contributed by atoms with E-state index in [4.69, 9.17) is 4.74 Å². The van der Waals surface area contributed by atoms with Crippen molar-refractivity contribution in [3.8, 4) is 17.4 Å². The molecule has 0 aromatic carbocycles. The van der Waals surface area contributed by atoms with Gasteiger partial charge in [0, 0.05) is 18.5 Å². The fourth-order valence-corrected chi connectivity index (χ4v) is 2.85. The number of rotatable bonds is 3. The maximum absolute atomic E-state index is 5.16. The molecule has 0 saturated heterocycles. The topological polar surface area (TPSA) is 59.9 Å². The minimum absolute atomic E-state index is 0.110. The predicted molar refractivity (Wildman–Crippen MR) is 87.8 cm³/mol. The molecule has 0 aliphatic heterocycles. The van der Waals surface area contributed by atoms with Crippen molar-refractivity contribution >= 4 is 21.7 Å². The van der Waals surface area contributed by atoms with Crippen LogP contribution in [0.4, 0.5) is 5.82 Å². The van der Waals surface area contributed by atoms with Crippen molar-refractivity contribution in [3.63, 3.8) is 0 Å². The van der Waals surface area contributed by atoms with Crippen LogP contribution in [0, 0.1) is 0 Å². The highest BCUT2D eigenvalue weighted by molar-refractivity contribution is 9.10. The number of nitrogens with one attached hydrogen (secondary N) is 1. The summed E-state index contributed by atoms with van der Waals surface area (Å²) < 4.78 is 6.04. The molecule has 0 aliphatic rings. The van der Waals surface area contributed by atoms with E-state index in [2.05, 4.69) is 57.0 Å². The summed E-state index contributed by atoms with van der Waals surface area (Å²) >= 11 is 3.58. The molecular weight excluding hydrogens is 332 g/mol. The van der Waals surface area contributed by atoms with Crippen molar-refractivity contribution in [2.45, 2.75) is 26.2 Å². The maximum atomic E-state index is 5.16. The first-order chi connectivity index (χ1) is 9.86. The Kier molecular flexibility index (Phi) is 4.46. The summed E-state index contributed by atoms with van der Waals surface area (Å²) in [6, 6.07) is 5.55. The Bertz CT molecular complexity index is 653. The van der Waals surface area contributed by atoms with Crippen LogP contribution in [0.25, 0.3) is 11.5 Å². The van der Waals surface area contributed by atoms with Crippen LogP contribution in [0.5, 0.6) is 5.88 Å². The van der Waals surface area contributed by atoms with E-state index in [1.54, 1.807) is 13.2 Å². The minimum atomic E-state index is -0.110. The van der Waals surface area contributed by atoms with Crippen molar-refractivity contribution in [2.24, 2.45) is 0 Å². The van der Waals surface area contributed by atoms with Gasteiger partial charge in [0.25, 0.3) is 0 Å². The van der Waals surface area contributed by atoms with Crippen LogP contribution >= 0.6 is 15.9 Å². The molecule has 0 atom stereocenters. The number of ether oxygens (including phenoxy) is 1. The molecule has 0 amide bonds. The second-order valence-electron chi connectivity index (χ2n) is 5.62. The fraction of sp³-hybridized carbons (Fsp3) is 0.400. The number of pyridine rings is 1. The Labute approximate surface area is 133 Å². The SMILES string of the molecule is CNc1nc(-c2cccc(OC)n2)nc(C(C)(C)C)c1Br. The molecule has 2 aromatic heterocycles. The van der Waals surface area contributed by atoms with Crippen molar-refractivity contribution in [1.29, 1.82) is 0 Å². The molecule has 0 saturated carbocycles. The standard InChI is InChI=1S/C15H19BrN4O/c1-15(2,3)12-11(16)14(17-4)20-13(19-12)9-7-6-8-10(18-9)21-5/h6-8H,1-5H3,(H,17,19,20). The molecule has 21 heavy (non-hydrogen) atoms. The number of hydrogen-bond acceptors (Lipinski definition) is 5. The van der Waals surface area contributed by atoms with Crippen molar-refractivity contribution in [2.75, 3.05) is 19.5 Å². The molecule has 2 rings (SSSR count). The molecule has 0 spiro atoms. The Morgan fingerprint density at radius 3 is 2.43 bits per heavy atom. The lowest BCUT2D eigenvalue weighted by Crippen LogP contribution is -2.17. The maximum Gasteiger partial charge on any atom is 0.213 e. The second-order valence-corrected chi connectivity index (χ2v) is 6.42. The monoisotopic (exact) mass is 350 g/mol. The van der Waals surface area contributed by atoms with E-state index in [-0.39, 0.29) is 5.41 Å². The number of aromatic nitrogens is 3. The second kappa shape index (κ2) is 5.97. The van der Waals surface area contributed by atoms with E-state index in [9.17, 15) is 0 Å². The van der Waals surface area contributed by atoms with Crippen LogP contribution in [0.15, 0.2) is 22.7 Å². The molecule has 0 radical (unpaired) electrons. The lowest BCUT2D eigenvalue weighted by atomic mass is 9.92. The summed E-state index contributed by atoms with van der Waals surface area (Å²) in [7, 11) is 3.43. The van der Waals surface area contributed by atoms with Gasteiger partial charge in [-0.25, -0.2) is 15.0 Å². The summed E-state index contributed by atoms with van der Waals surface area (Å²) in [6.07, 6.45) is 0. The number of methoxy groups -OCH3 is 1. The zero-order chi connectivity index (χ0) is 15.6. The van der Waals surface area contributed by atoms with Gasteiger partial charge < -0.3 is 10.1 Å². The number of hydrogen-bond donors (Lipinski definition) is 1. The van der Waals surface area contributed by atoms with Gasteiger partial charge in [-0.15, -0.1) is 0 Å². The summed E-state index contributed by atoms with van der Waals surface area (Å²) in [5.41, 5.74) is 1.51. The zero-order valence-corrected chi connectivity index (χ0v) is 14.4. The Balaban J connectivity index is 2.63.